The molecule has 1 aromatic carbocycles. The second kappa shape index (κ2) is 7.02. The molecule has 6 heteroatoms. The Kier molecular flexibility index (Phi) is 4.59. The van der Waals surface area contributed by atoms with Crippen LogP contribution in [0.5, 0.6) is 0 Å². The van der Waals surface area contributed by atoms with E-state index in [1.54, 1.807) is 0 Å². The quantitative estimate of drug-likeness (QED) is 0.831. The Balaban J connectivity index is 1.41. The number of H-pyrrole nitrogens is 1. The Morgan fingerprint density at radius 3 is 2.76 bits per heavy atom. The fourth-order valence-corrected chi connectivity index (χ4v) is 3.83. The van der Waals surface area contributed by atoms with Crippen LogP contribution < -0.4 is 5.32 Å². The predicted octanol–water partition coefficient (Wildman–Crippen LogP) is 2.96. The van der Waals surface area contributed by atoms with Crippen LogP contribution in [0.4, 0.5) is 0 Å². The molecular formula is C19H21ClN4O. The normalized spacial score (nSPS) is 21.0. The van der Waals surface area contributed by atoms with Crippen LogP contribution in [-0.4, -0.2) is 46.7 Å². The number of rotatable bonds is 3. The minimum Gasteiger partial charge on any atom is -0.341 e. The summed E-state index contributed by atoms with van der Waals surface area (Å²) in [7, 11) is 0. The van der Waals surface area contributed by atoms with Crippen LogP contribution in [0, 0.1) is 0 Å². The Hall–Kier alpha value is -2.11. The number of likely N-dealkylation sites (tertiary alicyclic amines) is 1. The molecule has 0 saturated carbocycles. The number of nitrogens with zero attached hydrogens (tertiary/aromatic N) is 2. The number of aromatic nitrogens is 2. The molecule has 0 aliphatic carbocycles. The third-order valence-corrected chi connectivity index (χ3v) is 5.37. The van der Waals surface area contributed by atoms with E-state index < -0.39 is 0 Å². The van der Waals surface area contributed by atoms with Gasteiger partial charge in [0.25, 0.3) is 0 Å². The highest BCUT2D eigenvalue weighted by Crippen LogP contribution is 2.31. The molecule has 2 N–H and O–H groups in total. The Labute approximate surface area is 152 Å². The van der Waals surface area contributed by atoms with E-state index >= 15 is 0 Å². The average molecular weight is 357 g/mol. The zero-order valence-electron chi connectivity index (χ0n) is 13.9. The van der Waals surface area contributed by atoms with E-state index in [-0.39, 0.29) is 11.9 Å². The molecule has 1 atom stereocenters. The van der Waals surface area contributed by atoms with Gasteiger partial charge < -0.3 is 4.90 Å². The lowest BCUT2D eigenvalue weighted by Crippen LogP contribution is -2.46. The highest BCUT2D eigenvalue weighted by atomic mass is 35.5. The van der Waals surface area contributed by atoms with Gasteiger partial charge in [-0.3, -0.25) is 15.2 Å². The van der Waals surface area contributed by atoms with Gasteiger partial charge in [-0.05, 0) is 25.0 Å². The smallest absolute Gasteiger partial charge is 0.243 e. The van der Waals surface area contributed by atoms with Crippen molar-refractivity contribution in [3.8, 4) is 11.3 Å². The summed E-state index contributed by atoms with van der Waals surface area (Å²) < 4.78 is 0. The molecule has 1 unspecified atom stereocenters. The zero-order chi connectivity index (χ0) is 17.2. The van der Waals surface area contributed by atoms with Gasteiger partial charge >= 0.3 is 0 Å². The average Bonchev–Trinajstić information content (AvgIpc) is 3.34. The molecule has 2 aliphatic rings. The third-order valence-electron chi connectivity index (χ3n) is 5.04. The van der Waals surface area contributed by atoms with Crippen molar-refractivity contribution >= 4 is 17.5 Å². The number of benzene rings is 1. The topological polar surface area (TPSA) is 61.0 Å². The lowest BCUT2D eigenvalue weighted by Gasteiger charge is -2.32. The fraction of sp³-hybridized carbons (Fsp3) is 0.368. The number of carbonyl (C=O) groups excluding carboxylic acids is 1. The van der Waals surface area contributed by atoms with Gasteiger partial charge in [-0.1, -0.05) is 42.0 Å². The molecule has 2 aliphatic heterocycles. The largest absolute Gasteiger partial charge is 0.341 e. The maximum atomic E-state index is 12.4. The molecule has 1 fully saturated rings. The number of carbonyl (C=O) groups is 1. The highest BCUT2D eigenvalue weighted by Gasteiger charge is 2.29. The molecule has 130 valence electrons. The molecule has 5 nitrogen and oxygen atoms in total. The van der Waals surface area contributed by atoms with Gasteiger partial charge in [0, 0.05) is 36.8 Å². The second-order valence-electron chi connectivity index (χ2n) is 6.60. The first kappa shape index (κ1) is 16.4. The van der Waals surface area contributed by atoms with Crippen molar-refractivity contribution in [2.75, 3.05) is 19.6 Å². The molecular weight excluding hydrogens is 336 g/mol. The van der Waals surface area contributed by atoms with Crippen molar-refractivity contribution in [2.45, 2.75) is 24.8 Å². The Morgan fingerprint density at radius 2 is 2.04 bits per heavy atom. The summed E-state index contributed by atoms with van der Waals surface area (Å²) in [5.74, 6) is 0.591. The zero-order valence-corrected chi connectivity index (χ0v) is 14.7. The molecule has 0 spiro atoms. The fourth-order valence-electron chi connectivity index (χ4n) is 3.60. The van der Waals surface area contributed by atoms with Crippen molar-refractivity contribution in [1.29, 1.82) is 0 Å². The number of hydrogen-bond donors (Lipinski definition) is 2. The van der Waals surface area contributed by atoms with E-state index in [1.165, 1.54) is 0 Å². The van der Waals surface area contributed by atoms with Crippen LogP contribution in [0.3, 0.4) is 0 Å². The number of aromatic amines is 1. The monoisotopic (exact) mass is 356 g/mol. The van der Waals surface area contributed by atoms with Gasteiger partial charge in [0.05, 0.1) is 10.7 Å². The maximum Gasteiger partial charge on any atom is 0.243 e. The molecule has 0 bridgehead atoms. The van der Waals surface area contributed by atoms with Crippen molar-refractivity contribution in [3.63, 3.8) is 0 Å². The third kappa shape index (κ3) is 3.34. The van der Waals surface area contributed by atoms with Gasteiger partial charge in [-0.2, -0.15) is 5.10 Å². The second-order valence-corrected chi connectivity index (χ2v) is 7.01. The number of amides is 1. The van der Waals surface area contributed by atoms with E-state index in [9.17, 15) is 4.79 Å². The first-order chi connectivity index (χ1) is 12.2. The molecule has 4 rings (SSSR count). The van der Waals surface area contributed by atoms with Crippen molar-refractivity contribution in [1.82, 2.24) is 20.4 Å². The van der Waals surface area contributed by atoms with Crippen LogP contribution >= 0.6 is 11.6 Å². The van der Waals surface area contributed by atoms with E-state index in [1.807, 2.05) is 41.3 Å². The van der Waals surface area contributed by atoms with Crippen LogP contribution in [0.25, 0.3) is 11.3 Å². The summed E-state index contributed by atoms with van der Waals surface area (Å²) in [4.78, 5) is 14.4. The van der Waals surface area contributed by atoms with Crippen molar-refractivity contribution in [3.05, 3.63) is 53.2 Å². The predicted molar refractivity (Wildman–Crippen MR) is 98.5 cm³/mol. The first-order valence-corrected chi connectivity index (χ1v) is 9.09. The summed E-state index contributed by atoms with van der Waals surface area (Å²) in [6, 6.07) is 9.68. The van der Waals surface area contributed by atoms with Crippen LogP contribution in [-0.2, 0) is 4.79 Å². The van der Waals surface area contributed by atoms with Crippen LogP contribution in [0.1, 0.15) is 24.5 Å². The minimum absolute atomic E-state index is 0.143. The molecule has 1 saturated heterocycles. The molecule has 3 heterocycles. The number of halogens is 1. The van der Waals surface area contributed by atoms with Gasteiger partial charge in [0.2, 0.25) is 5.91 Å². The molecule has 1 amide bonds. The van der Waals surface area contributed by atoms with E-state index in [4.69, 9.17) is 11.6 Å². The van der Waals surface area contributed by atoms with Gasteiger partial charge in [0.1, 0.15) is 6.04 Å². The first-order valence-electron chi connectivity index (χ1n) is 8.71. The van der Waals surface area contributed by atoms with Crippen molar-refractivity contribution in [2.24, 2.45) is 0 Å². The standard InChI is InChI=1S/C19H21ClN4O/c20-15-5-2-1-4-14(15)18-12-17(22-23-18)13-7-10-24(11-8-13)19(25)16-6-3-9-21-16/h1-6,12-13,16,21H,7-11H2,(H,22,23). The Bertz CT molecular complexity index is 792. The van der Waals surface area contributed by atoms with Gasteiger partial charge in [-0.25, -0.2) is 0 Å². The van der Waals surface area contributed by atoms with Crippen LogP contribution in [0.15, 0.2) is 42.5 Å². The van der Waals surface area contributed by atoms with E-state index in [0.717, 1.165) is 49.4 Å². The summed E-state index contributed by atoms with van der Waals surface area (Å²) in [6.07, 6.45) is 5.87. The lowest BCUT2D eigenvalue weighted by atomic mass is 9.93. The molecule has 0 radical (unpaired) electrons. The van der Waals surface area contributed by atoms with Crippen molar-refractivity contribution < 1.29 is 4.79 Å². The maximum absolute atomic E-state index is 12.4. The summed E-state index contributed by atoms with van der Waals surface area (Å²) in [5, 5.41) is 11.5. The van der Waals surface area contributed by atoms with E-state index in [0.29, 0.717) is 10.9 Å². The van der Waals surface area contributed by atoms with Gasteiger partial charge in [-0.15, -0.1) is 0 Å². The number of piperidine rings is 1. The van der Waals surface area contributed by atoms with Crippen LogP contribution in [0.2, 0.25) is 5.02 Å². The number of nitrogens with one attached hydrogen (secondary N) is 2. The highest BCUT2D eigenvalue weighted by molar-refractivity contribution is 6.33. The molecule has 1 aromatic heterocycles. The minimum atomic E-state index is -0.143. The molecule has 25 heavy (non-hydrogen) atoms. The Morgan fingerprint density at radius 1 is 1.24 bits per heavy atom. The lowest BCUT2D eigenvalue weighted by molar-refractivity contribution is -0.133. The SMILES string of the molecule is O=C(C1C=CCN1)N1CCC(c2cc(-c3ccccc3Cl)n[nH]2)CC1. The summed E-state index contributed by atoms with van der Waals surface area (Å²) in [5.41, 5.74) is 2.94. The summed E-state index contributed by atoms with van der Waals surface area (Å²) in [6.45, 7) is 2.36. The number of hydrogen-bond acceptors (Lipinski definition) is 3. The van der Waals surface area contributed by atoms with Gasteiger partial charge in [0.15, 0.2) is 0 Å². The molecule has 2 aromatic rings. The van der Waals surface area contributed by atoms with E-state index in [2.05, 4.69) is 21.6 Å². The summed E-state index contributed by atoms with van der Waals surface area (Å²) >= 11 is 6.26.